The molecule has 0 radical (unpaired) electrons. The normalized spacial score (nSPS) is 13.0. The van der Waals surface area contributed by atoms with Crippen LogP contribution in [0.15, 0.2) is 75.9 Å². The van der Waals surface area contributed by atoms with Crippen LogP contribution in [0.3, 0.4) is 0 Å². The van der Waals surface area contributed by atoms with Gasteiger partial charge < -0.3 is 5.11 Å². The van der Waals surface area contributed by atoms with E-state index in [1.165, 1.54) is 24.3 Å². The number of aromatic hydroxyl groups is 1. The molecule has 5 rings (SSSR count). The molecule has 5 aromatic rings. The Labute approximate surface area is 217 Å². The van der Waals surface area contributed by atoms with Crippen molar-refractivity contribution in [1.29, 1.82) is 0 Å². The maximum atomic E-state index is 12.9. The van der Waals surface area contributed by atoms with Crippen molar-refractivity contribution >= 4 is 68.7 Å². The van der Waals surface area contributed by atoms with Crippen LogP contribution in [0.2, 0.25) is 0 Å². The predicted molar refractivity (Wildman–Crippen MR) is 141 cm³/mol. The number of rotatable bonds is 6. The quantitative estimate of drug-likeness (QED) is 0.169. The molecule has 0 amide bonds. The van der Waals surface area contributed by atoms with Crippen LogP contribution in [0.25, 0.3) is 38.4 Å². The Balaban J connectivity index is 2.20. The zero-order valence-corrected chi connectivity index (χ0v) is 21.6. The first-order valence-corrected chi connectivity index (χ1v) is 15.1. The Morgan fingerprint density at radius 1 is 0.684 bits per heavy atom. The van der Waals surface area contributed by atoms with Crippen molar-refractivity contribution in [2.75, 3.05) is 0 Å². The van der Waals surface area contributed by atoms with Crippen molar-refractivity contribution in [2.45, 2.75) is 21.1 Å². The first-order valence-electron chi connectivity index (χ1n) is 10.8. The lowest BCUT2D eigenvalue weighted by Crippen LogP contribution is -2.13. The van der Waals surface area contributed by atoms with E-state index < -0.39 is 56.4 Å². The van der Waals surface area contributed by atoms with Gasteiger partial charge in [0.05, 0.1) is 0 Å². The molecule has 196 valence electrons. The van der Waals surface area contributed by atoms with Gasteiger partial charge in [-0.25, -0.2) is 0 Å². The minimum absolute atomic E-state index is 0.00102. The maximum Gasteiger partial charge on any atom is 0.295 e. The molecule has 0 aliphatic rings. The van der Waals surface area contributed by atoms with Crippen molar-refractivity contribution in [1.82, 2.24) is 0 Å². The fourth-order valence-electron chi connectivity index (χ4n) is 5.04. The van der Waals surface area contributed by atoms with Crippen LogP contribution in [0.5, 0.6) is 5.75 Å². The average Bonchev–Trinajstić information content (AvgIpc) is 2.81. The standard InChI is InChI=1S/C25H18O10S3/c1-2-14-11-17-20(36(27,28)29)12-19(26)15-8-9-16-23(22(15)17)21(14)25(38(33,34)35)18(24(16)37(30,31)32)10-13-6-4-3-5-7-13/h2-9,11-12,26H,1,10H2,(H,27,28,29)(H,30,31,32)(H,33,34,35). The summed E-state index contributed by atoms with van der Waals surface area (Å²) >= 11 is 0. The topological polar surface area (TPSA) is 183 Å². The summed E-state index contributed by atoms with van der Waals surface area (Å²) < 4.78 is 106. The summed E-state index contributed by atoms with van der Waals surface area (Å²) in [5, 5.41) is 9.71. The average molecular weight is 575 g/mol. The smallest absolute Gasteiger partial charge is 0.295 e. The number of benzene rings is 5. The van der Waals surface area contributed by atoms with E-state index in [4.69, 9.17) is 0 Å². The third-order valence-electron chi connectivity index (χ3n) is 6.38. The molecule has 0 saturated heterocycles. The number of phenolic OH excluding ortho intramolecular Hbond substituents is 1. The van der Waals surface area contributed by atoms with E-state index in [0.717, 1.165) is 6.07 Å². The van der Waals surface area contributed by atoms with Crippen LogP contribution in [0.4, 0.5) is 0 Å². The summed E-state index contributed by atoms with van der Waals surface area (Å²) in [7, 11) is -15.3. The third-order valence-corrected chi connectivity index (χ3v) is 9.22. The monoisotopic (exact) mass is 574 g/mol. The van der Waals surface area contributed by atoms with E-state index in [9.17, 15) is 44.0 Å². The highest BCUT2D eigenvalue weighted by molar-refractivity contribution is 7.87. The molecule has 38 heavy (non-hydrogen) atoms. The zero-order valence-electron chi connectivity index (χ0n) is 19.2. The van der Waals surface area contributed by atoms with Gasteiger partial charge in [0.1, 0.15) is 20.4 Å². The van der Waals surface area contributed by atoms with Gasteiger partial charge in [-0.15, -0.1) is 0 Å². The van der Waals surface area contributed by atoms with Gasteiger partial charge in [-0.05, 0) is 28.8 Å². The first kappa shape index (κ1) is 26.0. The van der Waals surface area contributed by atoms with Gasteiger partial charge in [0.25, 0.3) is 30.4 Å². The van der Waals surface area contributed by atoms with Crippen molar-refractivity contribution in [3.63, 3.8) is 0 Å². The molecule has 0 aliphatic carbocycles. The largest absolute Gasteiger partial charge is 0.507 e. The van der Waals surface area contributed by atoms with Gasteiger partial charge in [0, 0.05) is 44.8 Å². The molecule has 0 bridgehead atoms. The van der Waals surface area contributed by atoms with Crippen molar-refractivity contribution in [3.8, 4) is 5.75 Å². The molecular formula is C25H18O10S3. The fourth-order valence-corrected chi connectivity index (χ4v) is 7.70. The second-order valence-electron chi connectivity index (χ2n) is 8.62. The van der Waals surface area contributed by atoms with E-state index in [2.05, 4.69) is 6.58 Å². The second-order valence-corrected chi connectivity index (χ2v) is 12.7. The van der Waals surface area contributed by atoms with Gasteiger partial charge >= 0.3 is 0 Å². The number of phenols is 1. The minimum Gasteiger partial charge on any atom is -0.507 e. The summed E-state index contributed by atoms with van der Waals surface area (Å²) in [6.45, 7) is 3.65. The zero-order chi connectivity index (χ0) is 27.8. The van der Waals surface area contributed by atoms with E-state index in [1.54, 1.807) is 30.3 Å². The van der Waals surface area contributed by atoms with Gasteiger partial charge in [0.2, 0.25) is 0 Å². The Hall–Kier alpha value is -3.59. The molecule has 4 N–H and O–H groups in total. The Bertz CT molecular complexity index is 2130. The molecule has 5 aromatic carbocycles. The van der Waals surface area contributed by atoms with Crippen molar-refractivity contribution in [3.05, 3.63) is 77.9 Å². The Morgan fingerprint density at radius 3 is 1.84 bits per heavy atom. The Morgan fingerprint density at radius 2 is 1.29 bits per heavy atom. The summed E-state index contributed by atoms with van der Waals surface area (Å²) in [6, 6.07) is 12.7. The summed E-state index contributed by atoms with van der Waals surface area (Å²) in [4.78, 5) is -2.37. The molecule has 0 spiro atoms. The molecule has 0 fully saturated rings. The van der Waals surface area contributed by atoms with E-state index in [0.29, 0.717) is 5.56 Å². The van der Waals surface area contributed by atoms with E-state index in [1.807, 2.05) is 0 Å². The molecule has 0 aromatic heterocycles. The Kier molecular flexibility index (Phi) is 5.80. The lowest BCUT2D eigenvalue weighted by molar-refractivity contribution is 0.471. The number of hydrogen-bond acceptors (Lipinski definition) is 7. The lowest BCUT2D eigenvalue weighted by Gasteiger charge is -2.22. The molecule has 10 nitrogen and oxygen atoms in total. The molecule has 0 heterocycles. The molecule has 0 atom stereocenters. The molecular weight excluding hydrogens is 556 g/mol. The SMILES string of the molecule is C=Cc1cc2c(S(=O)(=O)O)cc(O)c3ccc4c(S(=O)(=O)O)c(Cc5ccccc5)c(S(=O)(=O)O)c1c4c32. The third kappa shape index (κ3) is 4.00. The predicted octanol–water partition coefficient (Wildman–Crippen LogP) is 4.26. The van der Waals surface area contributed by atoms with Gasteiger partial charge in [-0.3, -0.25) is 13.7 Å². The van der Waals surface area contributed by atoms with E-state index in [-0.39, 0.29) is 44.3 Å². The van der Waals surface area contributed by atoms with Crippen LogP contribution < -0.4 is 0 Å². The molecule has 0 saturated carbocycles. The van der Waals surface area contributed by atoms with Crippen LogP contribution in [-0.2, 0) is 36.8 Å². The summed E-state index contributed by atoms with van der Waals surface area (Å²) in [6.07, 6.45) is 0.838. The summed E-state index contributed by atoms with van der Waals surface area (Å²) in [5.74, 6) is -0.602. The van der Waals surface area contributed by atoms with Gasteiger partial charge in [-0.1, -0.05) is 49.1 Å². The number of hydrogen-bond donors (Lipinski definition) is 4. The minimum atomic E-state index is -5.20. The van der Waals surface area contributed by atoms with Gasteiger partial charge in [0.15, 0.2) is 0 Å². The fraction of sp³-hybridized carbons (Fsp3) is 0.0400. The van der Waals surface area contributed by atoms with Gasteiger partial charge in [-0.2, -0.15) is 25.3 Å². The van der Waals surface area contributed by atoms with Crippen molar-refractivity contribution < 1.29 is 44.0 Å². The summed E-state index contributed by atoms with van der Waals surface area (Å²) in [5.41, 5.74) is 0.0189. The first-order chi connectivity index (χ1) is 17.6. The van der Waals surface area contributed by atoms with E-state index >= 15 is 0 Å². The molecule has 0 aliphatic heterocycles. The highest BCUT2D eigenvalue weighted by atomic mass is 32.2. The maximum absolute atomic E-state index is 12.9. The molecule has 0 unspecified atom stereocenters. The van der Waals surface area contributed by atoms with Crippen LogP contribution in [0, 0.1) is 0 Å². The van der Waals surface area contributed by atoms with Crippen LogP contribution in [-0.4, -0.2) is 44.0 Å². The highest BCUT2D eigenvalue weighted by Gasteiger charge is 2.33. The van der Waals surface area contributed by atoms with Crippen LogP contribution >= 0.6 is 0 Å². The highest BCUT2D eigenvalue weighted by Crippen LogP contribution is 2.48. The van der Waals surface area contributed by atoms with Crippen LogP contribution in [0.1, 0.15) is 16.7 Å². The molecule has 13 heteroatoms. The lowest BCUT2D eigenvalue weighted by atomic mass is 9.88. The second kappa shape index (κ2) is 8.46. The van der Waals surface area contributed by atoms with Crippen molar-refractivity contribution in [2.24, 2.45) is 0 Å².